The van der Waals surface area contributed by atoms with Crippen molar-refractivity contribution < 1.29 is 17.9 Å². The summed E-state index contributed by atoms with van der Waals surface area (Å²) in [7, 11) is -3.71. The zero-order valence-electron chi connectivity index (χ0n) is 16.9. The SMILES string of the molecule is CCc1ccc(OCC(=O)Nc2ccc(S(=O)(=O)Nc3ccc(C)cc3)cc2)cc1. The number of sulfonamides is 1. The smallest absolute Gasteiger partial charge is 0.262 e. The summed E-state index contributed by atoms with van der Waals surface area (Å²) in [4.78, 5) is 12.2. The molecular weight excluding hydrogens is 400 g/mol. The molecule has 0 aliphatic rings. The average Bonchev–Trinajstić information content (AvgIpc) is 2.74. The van der Waals surface area contributed by atoms with Crippen LogP contribution in [-0.4, -0.2) is 20.9 Å². The van der Waals surface area contributed by atoms with Gasteiger partial charge in [0.1, 0.15) is 5.75 Å². The van der Waals surface area contributed by atoms with Gasteiger partial charge in [-0.2, -0.15) is 0 Å². The molecule has 3 rings (SSSR count). The first-order chi connectivity index (χ1) is 14.4. The van der Waals surface area contributed by atoms with Crippen molar-refractivity contribution >= 4 is 27.3 Å². The van der Waals surface area contributed by atoms with Crippen LogP contribution in [0, 0.1) is 6.92 Å². The van der Waals surface area contributed by atoms with E-state index in [1.807, 2.05) is 43.3 Å². The van der Waals surface area contributed by atoms with E-state index in [9.17, 15) is 13.2 Å². The summed E-state index contributed by atoms with van der Waals surface area (Å²) in [5.74, 6) is 0.286. The monoisotopic (exact) mass is 424 g/mol. The Morgan fingerprint density at radius 1 is 0.867 bits per heavy atom. The zero-order chi connectivity index (χ0) is 21.6. The molecule has 156 valence electrons. The third kappa shape index (κ3) is 5.84. The average molecular weight is 425 g/mol. The maximum absolute atomic E-state index is 12.5. The number of rotatable bonds is 8. The molecule has 3 aromatic rings. The van der Waals surface area contributed by atoms with E-state index in [2.05, 4.69) is 17.0 Å². The van der Waals surface area contributed by atoms with Crippen LogP contribution in [0.2, 0.25) is 0 Å². The lowest BCUT2D eigenvalue weighted by Crippen LogP contribution is -2.20. The van der Waals surface area contributed by atoms with E-state index < -0.39 is 10.0 Å². The molecular formula is C23H24N2O4S. The standard InChI is InChI=1S/C23H24N2O4S/c1-3-18-6-12-21(13-7-18)29-16-23(26)24-19-10-14-22(15-11-19)30(27,28)25-20-8-4-17(2)5-9-20/h4-15,25H,3,16H2,1-2H3,(H,24,26). The van der Waals surface area contributed by atoms with Crippen LogP contribution in [0.1, 0.15) is 18.1 Å². The number of amides is 1. The number of hydrogen-bond donors (Lipinski definition) is 2. The van der Waals surface area contributed by atoms with E-state index >= 15 is 0 Å². The molecule has 7 heteroatoms. The third-order valence-electron chi connectivity index (χ3n) is 4.45. The molecule has 0 spiro atoms. The van der Waals surface area contributed by atoms with E-state index in [-0.39, 0.29) is 17.4 Å². The molecule has 6 nitrogen and oxygen atoms in total. The van der Waals surface area contributed by atoms with Gasteiger partial charge in [0.15, 0.2) is 6.61 Å². The van der Waals surface area contributed by atoms with E-state index in [0.29, 0.717) is 17.1 Å². The van der Waals surface area contributed by atoms with Gasteiger partial charge in [0, 0.05) is 11.4 Å². The van der Waals surface area contributed by atoms with Crippen molar-refractivity contribution in [3.8, 4) is 5.75 Å². The summed E-state index contributed by atoms with van der Waals surface area (Å²) >= 11 is 0. The van der Waals surface area contributed by atoms with Crippen molar-refractivity contribution in [1.29, 1.82) is 0 Å². The Balaban J connectivity index is 1.56. The minimum Gasteiger partial charge on any atom is -0.484 e. The molecule has 2 N–H and O–H groups in total. The topological polar surface area (TPSA) is 84.5 Å². The highest BCUT2D eigenvalue weighted by molar-refractivity contribution is 7.92. The normalized spacial score (nSPS) is 11.0. The minimum absolute atomic E-state index is 0.105. The van der Waals surface area contributed by atoms with Gasteiger partial charge in [-0.15, -0.1) is 0 Å². The van der Waals surface area contributed by atoms with Gasteiger partial charge in [-0.1, -0.05) is 36.8 Å². The van der Waals surface area contributed by atoms with Crippen LogP contribution in [-0.2, 0) is 21.2 Å². The van der Waals surface area contributed by atoms with Crippen molar-refractivity contribution in [2.45, 2.75) is 25.2 Å². The fourth-order valence-electron chi connectivity index (χ4n) is 2.72. The molecule has 0 saturated heterocycles. The van der Waals surface area contributed by atoms with Gasteiger partial charge in [-0.3, -0.25) is 9.52 Å². The van der Waals surface area contributed by atoms with Crippen molar-refractivity contribution in [1.82, 2.24) is 0 Å². The van der Waals surface area contributed by atoms with Crippen molar-refractivity contribution in [2.24, 2.45) is 0 Å². The van der Waals surface area contributed by atoms with Crippen LogP contribution in [0.5, 0.6) is 5.75 Å². The number of aryl methyl sites for hydroxylation is 2. The summed E-state index contributed by atoms with van der Waals surface area (Å²) < 4.78 is 33.0. The first-order valence-electron chi connectivity index (χ1n) is 9.57. The Morgan fingerprint density at radius 2 is 1.47 bits per heavy atom. The molecule has 30 heavy (non-hydrogen) atoms. The lowest BCUT2D eigenvalue weighted by atomic mass is 10.2. The number of nitrogens with one attached hydrogen (secondary N) is 2. The highest BCUT2D eigenvalue weighted by Gasteiger charge is 2.14. The number of carbonyl (C=O) groups excluding carboxylic acids is 1. The zero-order valence-corrected chi connectivity index (χ0v) is 17.7. The lowest BCUT2D eigenvalue weighted by molar-refractivity contribution is -0.118. The summed E-state index contributed by atoms with van der Waals surface area (Å²) in [5.41, 5.74) is 3.21. The molecule has 0 fully saturated rings. The van der Waals surface area contributed by atoms with Gasteiger partial charge in [-0.25, -0.2) is 8.42 Å². The van der Waals surface area contributed by atoms with Crippen LogP contribution in [0.15, 0.2) is 77.7 Å². The van der Waals surface area contributed by atoms with Crippen LogP contribution in [0.25, 0.3) is 0 Å². The fraction of sp³-hybridized carbons (Fsp3) is 0.174. The van der Waals surface area contributed by atoms with Gasteiger partial charge in [0.05, 0.1) is 4.90 Å². The molecule has 0 saturated carbocycles. The van der Waals surface area contributed by atoms with E-state index in [0.717, 1.165) is 12.0 Å². The summed E-state index contributed by atoms with van der Waals surface area (Å²) in [5, 5.41) is 2.69. The Kier molecular flexibility index (Phi) is 6.74. The Bertz CT molecular complexity index is 1090. The first-order valence-corrected chi connectivity index (χ1v) is 11.0. The van der Waals surface area contributed by atoms with Crippen LogP contribution in [0.4, 0.5) is 11.4 Å². The highest BCUT2D eigenvalue weighted by atomic mass is 32.2. The Hall–Kier alpha value is -3.32. The molecule has 0 aliphatic carbocycles. The van der Waals surface area contributed by atoms with Gasteiger partial charge >= 0.3 is 0 Å². The second-order valence-electron chi connectivity index (χ2n) is 6.83. The number of carbonyl (C=O) groups is 1. The van der Waals surface area contributed by atoms with Crippen molar-refractivity contribution in [3.05, 3.63) is 83.9 Å². The van der Waals surface area contributed by atoms with Crippen molar-refractivity contribution in [3.63, 3.8) is 0 Å². The molecule has 3 aromatic carbocycles. The lowest BCUT2D eigenvalue weighted by Gasteiger charge is -2.10. The Labute approximate surface area is 177 Å². The van der Waals surface area contributed by atoms with Crippen LogP contribution >= 0.6 is 0 Å². The quantitative estimate of drug-likeness (QED) is 0.562. The maximum Gasteiger partial charge on any atom is 0.262 e. The molecule has 1 amide bonds. The van der Waals surface area contributed by atoms with Crippen LogP contribution < -0.4 is 14.8 Å². The van der Waals surface area contributed by atoms with Gasteiger partial charge in [-0.05, 0) is 67.4 Å². The summed E-state index contributed by atoms with van der Waals surface area (Å²) in [6, 6.07) is 20.6. The largest absolute Gasteiger partial charge is 0.484 e. The van der Waals surface area contributed by atoms with Gasteiger partial charge in [0.25, 0.3) is 15.9 Å². The fourth-order valence-corrected chi connectivity index (χ4v) is 3.78. The minimum atomic E-state index is -3.71. The molecule has 0 aliphatic heterocycles. The predicted molar refractivity (Wildman–Crippen MR) is 118 cm³/mol. The second kappa shape index (κ2) is 9.45. The molecule has 0 aromatic heterocycles. The van der Waals surface area contributed by atoms with Gasteiger partial charge in [0.2, 0.25) is 0 Å². The number of anilines is 2. The summed E-state index contributed by atoms with van der Waals surface area (Å²) in [6.45, 7) is 3.86. The molecule has 0 atom stereocenters. The van der Waals surface area contributed by atoms with Crippen LogP contribution in [0.3, 0.4) is 0 Å². The van der Waals surface area contributed by atoms with Gasteiger partial charge < -0.3 is 10.1 Å². The number of hydrogen-bond acceptors (Lipinski definition) is 4. The molecule has 0 unspecified atom stereocenters. The van der Waals surface area contributed by atoms with E-state index in [1.54, 1.807) is 12.1 Å². The maximum atomic E-state index is 12.5. The van der Waals surface area contributed by atoms with Crippen molar-refractivity contribution in [2.75, 3.05) is 16.6 Å². The summed E-state index contributed by atoms with van der Waals surface area (Å²) in [6.07, 6.45) is 0.938. The molecule has 0 heterocycles. The number of ether oxygens (including phenoxy) is 1. The molecule has 0 radical (unpaired) electrons. The third-order valence-corrected chi connectivity index (χ3v) is 5.85. The highest BCUT2D eigenvalue weighted by Crippen LogP contribution is 2.19. The van der Waals surface area contributed by atoms with E-state index in [1.165, 1.54) is 29.8 Å². The Morgan fingerprint density at radius 3 is 2.07 bits per heavy atom. The van der Waals surface area contributed by atoms with E-state index in [4.69, 9.17) is 4.74 Å². The first kappa shape index (κ1) is 21.4. The second-order valence-corrected chi connectivity index (χ2v) is 8.51. The molecule has 0 bridgehead atoms. The predicted octanol–water partition coefficient (Wildman–Crippen LogP) is 4.38. The number of benzene rings is 3.